The number of nitrogens with zero attached hydrogens (tertiary/aromatic N) is 4. The van der Waals surface area contributed by atoms with Gasteiger partial charge in [0.25, 0.3) is 0 Å². The predicted octanol–water partition coefficient (Wildman–Crippen LogP) is 1.82. The van der Waals surface area contributed by atoms with Gasteiger partial charge in [-0.15, -0.1) is 0 Å². The topological polar surface area (TPSA) is 64.8 Å². The summed E-state index contributed by atoms with van der Waals surface area (Å²) in [6.45, 7) is 5.63. The smallest absolute Gasteiger partial charge is 0.134 e. The van der Waals surface area contributed by atoms with E-state index in [1.54, 1.807) is 0 Å². The molecule has 92 valence electrons. The molecule has 0 aliphatic heterocycles. The highest BCUT2D eigenvalue weighted by Crippen LogP contribution is 2.16. The molecule has 0 aliphatic carbocycles. The van der Waals surface area contributed by atoms with Crippen molar-refractivity contribution in [3.63, 3.8) is 0 Å². The van der Waals surface area contributed by atoms with Gasteiger partial charge >= 0.3 is 0 Å². The monoisotopic (exact) mass is 233 g/mol. The number of rotatable bonds is 6. The molecule has 1 N–H and O–H groups in total. The van der Waals surface area contributed by atoms with E-state index >= 15 is 0 Å². The Hall–Kier alpha value is -1.83. The van der Waals surface area contributed by atoms with E-state index in [-0.39, 0.29) is 0 Å². The number of hydrogen-bond donors (Lipinski definition) is 1. The van der Waals surface area contributed by atoms with Gasteiger partial charge in [0.2, 0.25) is 0 Å². The maximum absolute atomic E-state index is 8.64. The molecule has 0 bridgehead atoms. The van der Waals surface area contributed by atoms with Crippen molar-refractivity contribution < 1.29 is 0 Å². The summed E-state index contributed by atoms with van der Waals surface area (Å²) >= 11 is 0. The van der Waals surface area contributed by atoms with Crippen molar-refractivity contribution in [2.75, 3.05) is 30.4 Å². The Labute approximate surface area is 102 Å². The first-order chi connectivity index (χ1) is 8.24. The normalized spacial score (nSPS) is 9.76. The zero-order valence-electron chi connectivity index (χ0n) is 10.7. The molecule has 0 radical (unpaired) electrons. The van der Waals surface area contributed by atoms with Crippen LogP contribution in [0.1, 0.15) is 26.1 Å². The summed E-state index contributed by atoms with van der Waals surface area (Å²) < 4.78 is 0. The van der Waals surface area contributed by atoms with Gasteiger partial charge in [0.05, 0.1) is 12.5 Å². The lowest BCUT2D eigenvalue weighted by Crippen LogP contribution is -2.25. The first-order valence-electron chi connectivity index (χ1n) is 5.92. The van der Waals surface area contributed by atoms with E-state index in [4.69, 9.17) is 5.26 Å². The molecule has 1 heterocycles. The van der Waals surface area contributed by atoms with Crippen LogP contribution in [0.4, 0.5) is 11.6 Å². The largest absolute Gasteiger partial charge is 0.373 e. The van der Waals surface area contributed by atoms with E-state index in [0.717, 1.165) is 30.4 Å². The predicted molar refractivity (Wildman–Crippen MR) is 69.1 cm³/mol. The van der Waals surface area contributed by atoms with E-state index in [0.29, 0.717) is 13.0 Å². The number of aromatic nitrogens is 2. The molecule has 0 saturated heterocycles. The summed E-state index contributed by atoms with van der Waals surface area (Å²) in [6.07, 6.45) is 1.31. The Balaban J connectivity index is 2.97. The van der Waals surface area contributed by atoms with Gasteiger partial charge in [0.15, 0.2) is 0 Å². The fraction of sp³-hybridized carbons (Fsp3) is 0.583. The maximum atomic E-state index is 8.64. The van der Waals surface area contributed by atoms with Crippen LogP contribution in [0, 0.1) is 11.3 Å². The molecular formula is C12H19N5. The third-order valence-corrected chi connectivity index (χ3v) is 2.53. The van der Waals surface area contributed by atoms with Gasteiger partial charge in [-0.3, -0.25) is 0 Å². The minimum absolute atomic E-state index is 0.508. The van der Waals surface area contributed by atoms with Crippen LogP contribution in [-0.4, -0.2) is 30.1 Å². The molecule has 0 unspecified atom stereocenters. The van der Waals surface area contributed by atoms with Crippen molar-refractivity contribution in [3.8, 4) is 6.07 Å². The van der Waals surface area contributed by atoms with E-state index in [1.165, 1.54) is 0 Å². The van der Waals surface area contributed by atoms with Crippen molar-refractivity contribution in [1.29, 1.82) is 5.26 Å². The Morgan fingerprint density at radius 1 is 1.41 bits per heavy atom. The van der Waals surface area contributed by atoms with E-state index < -0.39 is 0 Å². The number of nitriles is 1. The van der Waals surface area contributed by atoms with Crippen molar-refractivity contribution >= 4 is 11.6 Å². The third kappa shape index (κ3) is 3.59. The highest BCUT2D eigenvalue weighted by atomic mass is 15.2. The molecule has 0 atom stereocenters. The fourth-order valence-corrected chi connectivity index (χ4v) is 1.55. The first-order valence-corrected chi connectivity index (χ1v) is 5.92. The third-order valence-electron chi connectivity index (χ3n) is 2.53. The minimum atomic E-state index is 0.508. The average Bonchev–Trinajstić information content (AvgIpc) is 2.39. The number of hydrogen-bond acceptors (Lipinski definition) is 5. The van der Waals surface area contributed by atoms with Crippen LogP contribution >= 0.6 is 0 Å². The number of aryl methyl sites for hydroxylation is 1. The van der Waals surface area contributed by atoms with Crippen molar-refractivity contribution in [1.82, 2.24) is 9.97 Å². The van der Waals surface area contributed by atoms with E-state index in [2.05, 4.69) is 33.2 Å². The zero-order valence-corrected chi connectivity index (χ0v) is 10.7. The molecule has 0 aromatic carbocycles. The Kier molecular flexibility index (Phi) is 5.21. The number of anilines is 2. The lowest BCUT2D eigenvalue weighted by molar-refractivity contribution is 0.796. The SMILES string of the molecule is CCc1nc(NC)cc(N(CC)CCC#N)n1. The second-order valence-corrected chi connectivity index (χ2v) is 3.62. The summed E-state index contributed by atoms with van der Waals surface area (Å²) in [5.74, 6) is 2.53. The van der Waals surface area contributed by atoms with Gasteiger partial charge in [-0.25, -0.2) is 9.97 Å². The molecule has 1 aromatic heterocycles. The Morgan fingerprint density at radius 3 is 2.71 bits per heavy atom. The van der Waals surface area contributed by atoms with Gasteiger partial charge < -0.3 is 10.2 Å². The molecule has 17 heavy (non-hydrogen) atoms. The van der Waals surface area contributed by atoms with Crippen molar-refractivity contribution in [2.45, 2.75) is 26.7 Å². The van der Waals surface area contributed by atoms with Crippen LogP contribution < -0.4 is 10.2 Å². The minimum Gasteiger partial charge on any atom is -0.373 e. The molecule has 5 heteroatoms. The van der Waals surface area contributed by atoms with E-state index in [9.17, 15) is 0 Å². The number of nitrogens with one attached hydrogen (secondary N) is 1. The van der Waals surface area contributed by atoms with E-state index in [1.807, 2.05) is 20.0 Å². The molecule has 0 amide bonds. The molecule has 5 nitrogen and oxygen atoms in total. The molecule has 1 rings (SSSR count). The van der Waals surface area contributed by atoms with Crippen LogP contribution in [0.15, 0.2) is 6.07 Å². The van der Waals surface area contributed by atoms with Crippen LogP contribution in [0.25, 0.3) is 0 Å². The van der Waals surface area contributed by atoms with Gasteiger partial charge in [-0.1, -0.05) is 6.92 Å². The summed E-state index contributed by atoms with van der Waals surface area (Å²) in [5, 5.41) is 11.7. The second-order valence-electron chi connectivity index (χ2n) is 3.62. The molecule has 0 fully saturated rings. The second kappa shape index (κ2) is 6.69. The molecule has 1 aromatic rings. The first kappa shape index (κ1) is 13.2. The fourth-order valence-electron chi connectivity index (χ4n) is 1.55. The maximum Gasteiger partial charge on any atom is 0.134 e. The van der Waals surface area contributed by atoms with Gasteiger partial charge in [0, 0.05) is 32.6 Å². The quantitative estimate of drug-likeness (QED) is 0.812. The molecule has 0 aliphatic rings. The lowest BCUT2D eigenvalue weighted by atomic mass is 10.3. The van der Waals surface area contributed by atoms with Crippen LogP contribution in [0.3, 0.4) is 0 Å². The van der Waals surface area contributed by atoms with Gasteiger partial charge in [0.1, 0.15) is 17.5 Å². The molecule has 0 spiro atoms. The zero-order chi connectivity index (χ0) is 12.7. The lowest BCUT2D eigenvalue weighted by Gasteiger charge is -2.21. The molecular weight excluding hydrogens is 214 g/mol. The summed E-state index contributed by atoms with van der Waals surface area (Å²) in [4.78, 5) is 10.9. The Bertz CT molecular complexity index is 374. The van der Waals surface area contributed by atoms with Crippen LogP contribution in [-0.2, 0) is 6.42 Å². The van der Waals surface area contributed by atoms with Crippen molar-refractivity contribution in [3.05, 3.63) is 11.9 Å². The highest BCUT2D eigenvalue weighted by molar-refractivity contribution is 5.49. The summed E-state index contributed by atoms with van der Waals surface area (Å²) in [5.41, 5.74) is 0. The average molecular weight is 233 g/mol. The van der Waals surface area contributed by atoms with Crippen molar-refractivity contribution in [2.24, 2.45) is 0 Å². The molecule has 0 saturated carbocycles. The highest BCUT2D eigenvalue weighted by Gasteiger charge is 2.08. The van der Waals surface area contributed by atoms with Crippen LogP contribution in [0.2, 0.25) is 0 Å². The van der Waals surface area contributed by atoms with Crippen LogP contribution in [0.5, 0.6) is 0 Å². The summed E-state index contributed by atoms with van der Waals surface area (Å²) in [6, 6.07) is 4.08. The standard InChI is InChI=1S/C12H19N5/c1-4-10-15-11(14-3)9-12(16-10)17(5-2)8-6-7-13/h9H,4-6,8H2,1-3H3,(H,14,15,16). The van der Waals surface area contributed by atoms with Gasteiger partial charge in [-0.2, -0.15) is 5.26 Å². The summed E-state index contributed by atoms with van der Waals surface area (Å²) in [7, 11) is 1.84. The Morgan fingerprint density at radius 2 is 2.18 bits per heavy atom. The van der Waals surface area contributed by atoms with Gasteiger partial charge in [-0.05, 0) is 6.92 Å².